The number of likely N-dealkylation sites (tertiary alicyclic amines) is 1. The smallest absolute Gasteiger partial charge is 0.137 e. The quantitative estimate of drug-likeness (QED) is 0.879. The van der Waals surface area contributed by atoms with E-state index in [0.29, 0.717) is 0 Å². The van der Waals surface area contributed by atoms with Crippen molar-refractivity contribution in [3.05, 3.63) is 28.8 Å². The second-order valence-electron chi connectivity index (χ2n) is 6.28. The maximum absolute atomic E-state index is 6.04. The monoisotopic (exact) mass is 262 g/mol. The fraction of sp³-hybridized carbons (Fsp3) is 0.647. The van der Waals surface area contributed by atoms with Crippen LogP contribution < -0.4 is 9.64 Å². The Morgan fingerprint density at radius 3 is 2.53 bits per heavy atom. The van der Waals surface area contributed by atoms with Gasteiger partial charge in [-0.2, -0.15) is 0 Å². The van der Waals surface area contributed by atoms with Crippen molar-refractivity contribution in [2.75, 3.05) is 26.2 Å². The maximum Gasteiger partial charge on any atom is 0.137 e. The van der Waals surface area contributed by atoms with Gasteiger partial charge >= 0.3 is 0 Å². The number of rotatable bonds is 4. The summed E-state index contributed by atoms with van der Waals surface area (Å²) < 4.78 is 6.04. The molecule has 2 rings (SSSR count). The zero-order chi connectivity index (χ0) is 13.8. The van der Waals surface area contributed by atoms with Crippen molar-refractivity contribution in [2.45, 2.75) is 40.5 Å². The van der Waals surface area contributed by atoms with Crippen LogP contribution in [0.1, 0.15) is 36.5 Å². The molecule has 0 aliphatic carbocycles. The highest BCUT2D eigenvalue weighted by molar-refractivity contribution is 5.42. The number of ether oxygens (including phenoxy) is 1. The average Bonchev–Trinajstić information content (AvgIpc) is 2.32. The lowest BCUT2D eigenvalue weighted by molar-refractivity contribution is -0.908. The van der Waals surface area contributed by atoms with Crippen molar-refractivity contribution in [3.63, 3.8) is 0 Å². The molecule has 0 radical (unpaired) electrons. The largest absolute Gasteiger partial charge is 0.487 e. The Balaban J connectivity index is 1.85. The Labute approximate surface area is 117 Å². The lowest BCUT2D eigenvalue weighted by Crippen LogP contribution is -3.14. The highest BCUT2D eigenvalue weighted by Crippen LogP contribution is 2.24. The fourth-order valence-electron chi connectivity index (χ4n) is 3.32. The first-order valence-corrected chi connectivity index (χ1v) is 7.60. The van der Waals surface area contributed by atoms with E-state index < -0.39 is 0 Å². The third-order valence-corrected chi connectivity index (χ3v) is 4.17. The average molecular weight is 262 g/mol. The molecule has 106 valence electrons. The van der Waals surface area contributed by atoms with Gasteiger partial charge in [-0.3, -0.25) is 0 Å². The van der Waals surface area contributed by atoms with E-state index in [4.69, 9.17) is 4.74 Å². The van der Waals surface area contributed by atoms with Crippen LogP contribution in [0.25, 0.3) is 0 Å². The van der Waals surface area contributed by atoms with Crippen molar-refractivity contribution in [1.82, 2.24) is 0 Å². The summed E-state index contributed by atoms with van der Waals surface area (Å²) in [6.07, 6.45) is 2.78. The number of hydrogen-bond donors (Lipinski definition) is 1. The Morgan fingerprint density at radius 1 is 1.21 bits per heavy atom. The van der Waals surface area contributed by atoms with Gasteiger partial charge in [-0.1, -0.05) is 24.6 Å². The molecule has 1 N–H and O–H groups in total. The third kappa shape index (κ3) is 3.97. The summed E-state index contributed by atoms with van der Waals surface area (Å²) in [5.74, 6) is 1.97. The second kappa shape index (κ2) is 6.42. The normalized spacial score (nSPS) is 23.4. The van der Waals surface area contributed by atoms with Gasteiger partial charge in [0.2, 0.25) is 0 Å². The summed E-state index contributed by atoms with van der Waals surface area (Å²) in [6, 6.07) is 4.41. The molecule has 1 aromatic rings. The minimum absolute atomic E-state index is 0.840. The summed E-state index contributed by atoms with van der Waals surface area (Å²) in [7, 11) is 0. The molecule has 1 aromatic carbocycles. The first-order chi connectivity index (χ1) is 9.06. The number of aryl methyl sites for hydroxylation is 3. The van der Waals surface area contributed by atoms with Crippen molar-refractivity contribution >= 4 is 0 Å². The van der Waals surface area contributed by atoms with Crippen LogP contribution in [0.5, 0.6) is 5.75 Å². The van der Waals surface area contributed by atoms with E-state index in [2.05, 4.69) is 39.8 Å². The second-order valence-corrected chi connectivity index (χ2v) is 6.28. The Bertz CT molecular complexity index is 404. The molecule has 2 atom stereocenters. The molecule has 0 amide bonds. The van der Waals surface area contributed by atoms with Crippen LogP contribution in [0, 0.1) is 26.7 Å². The molecule has 1 heterocycles. The zero-order valence-corrected chi connectivity index (χ0v) is 12.9. The standard InChI is InChI=1S/C17H27NO/c1-13-6-5-7-18(12-13)8-9-19-17-15(3)10-14(2)11-16(17)4/h10-11,13H,5-9,12H2,1-4H3/p+1/t13-/m0/s1. The molecule has 2 nitrogen and oxygen atoms in total. The summed E-state index contributed by atoms with van der Waals surface area (Å²) in [4.78, 5) is 1.71. The molecule has 2 heteroatoms. The summed E-state index contributed by atoms with van der Waals surface area (Å²) >= 11 is 0. The van der Waals surface area contributed by atoms with E-state index >= 15 is 0 Å². The molecule has 1 fully saturated rings. The van der Waals surface area contributed by atoms with Gasteiger partial charge in [-0.15, -0.1) is 0 Å². The van der Waals surface area contributed by atoms with E-state index in [1.54, 1.807) is 4.90 Å². The third-order valence-electron chi connectivity index (χ3n) is 4.17. The van der Waals surface area contributed by atoms with Crippen LogP contribution in [0.4, 0.5) is 0 Å². The summed E-state index contributed by atoms with van der Waals surface area (Å²) in [6.45, 7) is 13.4. The van der Waals surface area contributed by atoms with Gasteiger partial charge in [0.05, 0.1) is 13.1 Å². The Kier molecular flexibility index (Phi) is 4.87. The van der Waals surface area contributed by atoms with Crippen molar-refractivity contribution in [3.8, 4) is 5.75 Å². The van der Waals surface area contributed by atoms with Gasteiger partial charge < -0.3 is 9.64 Å². The van der Waals surface area contributed by atoms with Crippen LogP contribution >= 0.6 is 0 Å². The van der Waals surface area contributed by atoms with Gasteiger partial charge in [-0.05, 0) is 44.7 Å². The molecule has 0 spiro atoms. The first kappa shape index (κ1) is 14.4. The SMILES string of the molecule is Cc1cc(C)c(OCC[NH+]2CCC[C@H](C)C2)c(C)c1. The topological polar surface area (TPSA) is 13.7 Å². The van der Waals surface area contributed by atoms with Gasteiger partial charge in [0.15, 0.2) is 0 Å². The molecule has 1 unspecified atom stereocenters. The number of benzene rings is 1. The van der Waals surface area contributed by atoms with E-state index in [9.17, 15) is 0 Å². The van der Waals surface area contributed by atoms with Gasteiger partial charge in [0.1, 0.15) is 18.9 Å². The van der Waals surface area contributed by atoms with E-state index in [1.807, 2.05) is 0 Å². The fourth-order valence-corrected chi connectivity index (χ4v) is 3.32. The molecule has 0 bridgehead atoms. The molecule has 0 aromatic heterocycles. The number of nitrogens with one attached hydrogen (secondary N) is 1. The van der Waals surface area contributed by atoms with Crippen LogP contribution in [-0.4, -0.2) is 26.2 Å². The minimum atomic E-state index is 0.840. The number of piperidine rings is 1. The van der Waals surface area contributed by atoms with Gasteiger partial charge in [0, 0.05) is 5.92 Å². The van der Waals surface area contributed by atoms with Crippen LogP contribution in [-0.2, 0) is 0 Å². The van der Waals surface area contributed by atoms with E-state index in [1.165, 1.54) is 42.6 Å². The van der Waals surface area contributed by atoms with Crippen molar-refractivity contribution in [1.29, 1.82) is 0 Å². The molecule has 19 heavy (non-hydrogen) atoms. The predicted octanol–water partition coefficient (Wildman–Crippen LogP) is 2.31. The van der Waals surface area contributed by atoms with Crippen molar-refractivity contribution < 1.29 is 9.64 Å². The molecule has 1 saturated heterocycles. The number of quaternary nitrogens is 1. The highest BCUT2D eigenvalue weighted by Gasteiger charge is 2.19. The Hall–Kier alpha value is -1.02. The number of hydrogen-bond acceptors (Lipinski definition) is 1. The predicted molar refractivity (Wildman–Crippen MR) is 80.1 cm³/mol. The molecular weight excluding hydrogens is 234 g/mol. The summed E-state index contributed by atoms with van der Waals surface area (Å²) in [5.41, 5.74) is 3.84. The van der Waals surface area contributed by atoms with E-state index in [0.717, 1.165) is 24.8 Å². The molecular formula is C17H28NO+. The van der Waals surface area contributed by atoms with Gasteiger partial charge in [-0.25, -0.2) is 0 Å². The van der Waals surface area contributed by atoms with Gasteiger partial charge in [0.25, 0.3) is 0 Å². The van der Waals surface area contributed by atoms with Crippen LogP contribution in [0.15, 0.2) is 12.1 Å². The molecule has 1 aliphatic heterocycles. The lowest BCUT2D eigenvalue weighted by Gasteiger charge is -2.27. The van der Waals surface area contributed by atoms with Crippen LogP contribution in [0.3, 0.4) is 0 Å². The summed E-state index contributed by atoms with van der Waals surface area (Å²) in [5, 5.41) is 0. The zero-order valence-electron chi connectivity index (χ0n) is 12.9. The Morgan fingerprint density at radius 2 is 1.89 bits per heavy atom. The molecule has 1 aliphatic rings. The minimum Gasteiger partial charge on any atom is -0.487 e. The van der Waals surface area contributed by atoms with Crippen LogP contribution in [0.2, 0.25) is 0 Å². The lowest BCUT2D eigenvalue weighted by atomic mass is 10.0. The maximum atomic E-state index is 6.04. The first-order valence-electron chi connectivity index (χ1n) is 7.60. The van der Waals surface area contributed by atoms with Crippen molar-refractivity contribution in [2.24, 2.45) is 5.92 Å². The van der Waals surface area contributed by atoms with E-state index in [-0.39, 0.29) is 0 Å². The highest BCUT2D eigenvalue weighted by atomic mass is 16.5. The molecule has 0 saturated carbocycles.